The molecule has 5 atom stereocenters. The van der Waals surface area contributed by atoms with Gasteiger partial charge >= 0.3 is 0 Å². The molecular formula is C11H16. The predicted octanol–water partition coefficient (Wildman–Crippen LogP) is 2.83. The van der Waals surface area contributed by atoms with Crippen molar-refractivity contribution in [2.45, 2.75) is 39.0 Å². The molecule has 0 saturated heterocycles. The molecule has 0 aromatic carbocycles. The molecule has 4 rings (SSSR count). The molecule has 0 amide bonds. The van der Waals surface area contributed by atoms with Gasteiger partial charge in [-0.25, -0.2) is 0 Å². The highest BCUT2D eigenvalue weighted by molar-refractivity contribution is 5.27. The van der Waals surface area contributed by atoms with E-state index in [4.69, 9.17) is 0 Å². The summed E-state index contributed by atoms with van der Waals surface area (Å²) >= 11 is 0. The van der Waals surface area contributed by atoms with Crippen molar-refractivity contribution in [2.75, 3.05) is 0 Å². The van der Waals surface area contributed by atoms with Crippen LogP contribution in [-0.2, 0) is 0 Å². The van der Waals surface area contributed by atoms with E-state index in [2.05, 4.69) is 6.92 Å². The van der Waals surface area contributed by atoms with E-state index in [-0.39, 0.29) is 0 Å². The van der Waals surface area contributed by atoms with Crippen LogP contribution >= 0.6 is 0 Å². The molecule has 0 nitrogen and oxygen atoms in total. The molecule has 4 unspecified atom stereocenters. The normalized spacial score (nSPS) is 75.5. The van der Waals surface area contributed by atoms with Crippen molar-refractivity contribution in [3.8, 4) is 0 Å². The lowest BCUT2D eigenvalue weighted by Gasteiger charge is -2.72. The SMILES string of the molecule is C[C@]12CC3CC4CC(C1)C42C3. The number of fused-ring (bicyclic) bond motifs is 1. The highest BCUT2D eigenvalue weighted by Gasteiger charge is 2.78. The Kier molecular flexibility index (Phi) is 0.611. The second-order valence-electron chi connectivity index (χ2n) is 5.94. The zero-order chi connectivity index (χ0) is 7.27. The number of hydrogen-bond donors (Lipinski definition) is 0. The molecular weight excluding hydrogens is 132 g/mol. The van der Waals surface area contributed by atoms with Crippen molar-refractivity contribution in [3.63, 3.8) is 0 Å². The van der Waals surface area contributed by atoms with E-state index >= 15 is 0 Å². The van der Waals surface area contributed by atoms with Gasteiger partial charge in [0, 0.05) is 0 Å². The maximum atomic E-state index is 2.58. The summed E-state index contributed by atoms with van der Waals surface area (Å²) < 4.78 is 0. The summed E-state index contributed by atoms with van der Waals surface area (Å²) in [5.74, 6) is 3.56. The lowest BCUT2D eigenvalue weighted by atomic mass is 9.32. The molecule has 11 heavy (non-hydrogen) atoms. The minimum Gasteiger partial charge on any atom is -0.0591 e. The quantitative estimate of drug-likeness (QED) is 0.495. The molecule has 0 aromatic heterocycles. The highest BCUT2D eigenvalue weighted by atomic mass is 14.8. The lowest BCUT2D eigenvalue weighted by Crippen LogP contribution is -2.65. The first kappa shape index (κ1) is 5.61. The van der Waals surface area contributed by atoms with Gasteiger partial charge in [-0.05, 0) is 60.7 Å². The van der Waals surface area contributed by atoms with Gasteiger partial charge in [-0.1, -0.05) is 6.92 Å². The molecule has 0 N–H and O–H groups in total. The summed E-state index contributed by atoms with van der Waals surface area (Å²) in [6, 6.07) is 0. The molecule has 1 spiro atoms. The van der Waals surface area contributed by atoms with Gasteiger partial charge in [0.2, 0.25) is 0 Å². The fraction of sp³-hybridized carbons (Fsp3) is 1.00. The first-order valence-corrected chi connectivity index (χ1v) is 5.25. The second-order valence-corrected chi connectivity index (χ2v) is 5.94. The van der Waals surface area contributed by atoms with E-state index < -0.39 is 0 Å². The molecule has 0 aliphatic heterocycles. The van der Waals surface area contributed by atoms with Gasteiger partial charge < -0.3 is 0 Å². The van der Waals surface area contributed by atoms with E-state index in [0.717, 1.165) is 16.7 Å². The standard InChI is InChI=1S/C11H16/c1-10-4-7-2-8-3-9(6-10)11(8,10)5-7/h7-9H,2-6H2,1H3/t7?,8?,9?,10-,11?/m0/s1. The Morgan fingerprint density at radius 1 is 1.00 bits per heavy atom. The van der Waals surface area contributed by atoms with Gasteiger partial charge in [-0.15, -0.1) is 0 Å². The van der Waals surface area contributed by atoms with Gasteiger partial charge in [0.05, 0.1) is 0 Å². The van der Waals surface area contributed by atoms with Crippen LogP contribution in [0.2, 0.25) is 0 Å². The van der Waals surface area contributed by atoms with Crippen LogP contribution in [0.1, 0.15) is 39.0 Å². The molecule has 0 heteroatoms. The largest absolute Gasteiger partial charge is 0.0591 e. The van der Waals surface area contributed by atoms with E-state index in [1.807, 2.05) is 0 Å². The van der Waals surface area contributed by atoms with Gasteiger partial charge in [0.25, 0.3) is 0 Å². The molecule has 60 valence electrons. The van der Waals surface area contributed by atoms with Crippen LogP contribution in [0.3, 0.4) is 0 Å². The zero-order valence-corrected chi connectivity index (χ0v) is 7.27. The Balaban J connectivity index is 1.92. The van der Waals surface area contributed by atoms with Crippen LogP contribution in [0.4, 0.5) is 0 Å². The molecule has 0 aromatic rings. The molecule has 4 aliphatic carbocycles. The summed E-state index contributed by atoms with van der Waals surface area (Å²) in [6.07, 6.45) is 8.07. The van der Waals surface area contributed by atoms with Crippen LogP contribution in [0, 0.1) is 28.6 Å². The monoisotopic (exact) mass is 148 g/mol. The van der Waals surface area contributed by atoms with Crippen LogP contribution in [0.25, 0.3) is 0 Å². The van der Waals surface area contributed by atoms with Crippen LogP contribution < -0.4 is 0 Å². The molecule has 4 aliphatic rings. The number of hydrogen-bond acceptors (Lipinski definition) is 0. The van der Waals surface area contributed by atoms with Crippen LogP contribution in [-0.4, -0.2) is 0 Å². The van der Waals surface area contributed by atoms with Crippen molar-refractivity contribution in [1.82, 2.24) is 0 Å². The lowest BCUT2D eigenvalue weighted by molar-refractivity contribution is -0.234. The third-order valence-electron chi connectivity index (χ3n) is 5.83. The summed E-state index contributed by atoms with van der Waals surface area (Å²) in [6.45, 7) is 2.58. The van der Waals surface area contributed by atoms with Crippen molar-refractivity contribution in [1.29, 1.82) is 0 Å². The molecule has 4 saturated carbocycles. The van der Waals surface area contributed by atoms with Crippen LogP contribution in [0.15, 0.2) is 0 Å². The minimum absolute atomic E-state index is 0.851. The Morgan fingerprint density at radius 3 is 2.45 bits per heavy atom. The molecule has 4 fully saturated rings. The Morgan fingerprint density at radius 2 is 1.91 bits per heavy atom. The Bertz CT molecular complexity index is 244. The maximum Gasteiger partial charge on any atom is -0.0184 e. The predicted molar refractivity (Wildman–Crippen MR) is 44.1 cm³/mol. The van der Waals surface area contributed by atoms with E-state index in [1.165, 1.54) is 11.8 Å². The minimum atomic E-state index is 0.851. The maximum absolute atomic E-state index is 2.58. The third-order valence-corrected chi connectivity index (χ3v) is 5.83. The molecule has 0 radical (unpaired) electrons. The topological polar surface area (TPSA) is 0 Å². The van der Waals surface area contributed by atoms with Crippen molar-refractivity contribution < 1.29 is 0 Å². The van der Waals surface area contributed by atoms with Gasteiger partial charge in [0.15, 0.2) is 0 Å². The van der Waals surface area contributed by atoms with E-state index in [1.54, 1.807) is 32.1 Å². The van der Waals surface area contributed by atoms with Gasteiger partial charge in [0.1, 0.15) is 0 Å². The Hall–Kier alpha value is 0. The van der Waals surface area contributed by atoms with Gasteiger partial charge in [-0.3, -0.25) is 0 Å². The van der Waals surface area contributed by atoms with Crippen molar-refractivity contribution >= 4 is 0 Å². The average molecular weight is 148 g/mol. The zero-order valence-electron chi connectivity index (χ0n) is 7.27. The first-order valence-electron chi connectivity index (χ1n) is 5.25. The van der Waals surface area contributed by atoms with Crippen molar-refractivity contribution in [2.24, 2.45) is 28.6 Å². The van der Waals surface area contributed by atoms with Crippen molar-refractivity contribution in [3.05, 3.63) is 0 Å². The summed E-state index contributed by atoms with van der Waals surface area (Å²) in [5, 5.41) is 0. The third kappa shape index (κ3) is 0.331. The van der Waals surface area contributed by atoms with E-state index in [0.29, 0.717) is 0 Å². The van der Waals surface area contributed by atoms with E-state index in [9.17, 15) is 0 Å². The average Bonchev–Trinajstić information content (AvgIpc) is 2.34. The molecule has 2 bridgehead atoms. The molecule has 0 heterocycles. The summed E-state index contributed by atoms with van der Waals surface area (Å²) in [7, 11) is 0. The number of rotatable bonds is 0. The first-order chi connectivity index (χ1) is 5.25. The van der Waals surface area contributed by atoms with Gasteiger partial charge in [-0.2, -0.15) is 0 Å². The smallest absolute Gasteiger partial charge is 0.0184 e. The fourth-order valence-electron chi connectivity index (χ4n) is 5.71. The fourth-order valence-corrected chi connectivity index (χ4v) is 5.71. The highest BCUT2D eigenvalue weighted by Crippen LogP contribution is 2.86. The van der Waals surface area contributed by atoms with Crippen LogP contribution in [0.5, 0.6) is 0 Å². The summed E-state index contributed by atoms with van der Waals surface area (Å²) in [4.78, 5) is 0. The summed E-state index contributed by atoms with van der Waals surface area (Å²) in [5.41, 5.74) is 1.79. The second kappa shape index (κ2) is 1.20. The Labute approximate surface area is 68.4 Å².